The first kappa shape index (κ1) is 64.1. The quantitative estimate of drug-likeness (QED) is 0.137. The molecule has 15 aromatic carbocycles. The maximum Gasteiger partial charge on any atom is 0.180 e. The second-order valence-electron chi connectivity index (χ2n) is 28.8. The van der Waals surface area contributed by atoms with Crippen molar-refractivity contribution in [3.05, 3.63) is 357 Å². The summed E-state index contributed by atoms with van der Waals surface area (Å²) in [6.45, 7) is 4.75. The van der Waals surface area contributed by atoms with Crippen LogP contribution in [0.1, 0.15) is 25.0 Å². The number of fused-ring (bicyclic) bond motifs is 18. The van der Waals surface area contributed by atoms with Gasteiger partial charge in [0.15, 0.2) is 57.9 Å². The molecule has 0 N–H and O–H groups in total. The third kappa shape index (κ3) is 10.3. The summed E-state index contributed by atoms with van der Waals surface area (Å²) < 4.78 is 30.9. The van der Waals surface area contributed by atoms with Gasteiger partial charge in [0.25, 0.3) is 0 Å². The van der Waals surface area contributed by atoms with E-state index in [1.807, 2.05) is 176 Å². The molecule has 0 saturated heterocycles. The average molecular weight is 1440 g/mol. The van der Waals surface area contributed by atoms with Crippen LogP contribution in [0.4, 0.5) is 17.1 Å². The normalized spacial score (nSPS) is 12.8. The molecular weight excluding hydrogens is 1380 g/mol. The van der Waals surface area contributed by atoms with E-state index in [9.17, 15) is 0 Å². The number of hydrogen-bond donors (Lipinski definition) is 0. The number of benzene rings is 15. The molecule has 0 bridgehead atoms. The molecular formula is C99H63N9O4. The summed E-state index contributed by atoms with van der Waals surface area (Å²) in [5.41, 5.74) is 20.7. The van der Waals surface area contributed by atoms with Crippen molar-refractivity contribution in [1.29, 1.82) is 0 Å². The van der Waals surface area contributed by atoms with Gasteiger partial charge >= 0.3 is 0 Å². The number of ether oxygens (including phenoxy) is 2. The van der Waals surface area contributed by atoms with Crippen molar-refractivity contribution in [3.63, 3.8) is 0 Å². The Morgan fingerprint density at radius 1 is 0.277 bits per heavy atom. The Kier molecular flexibility index (Phi) is 14.6. The Bertz CT molecular complexity index is 7240. The van der Waals surface area contributed by atoms with Gasteiger partial charge in [-0.15, -0.1) is 0 Å². The zero-order valence-corrected chi connectivity index (χ0v) is 60.6. The first-order chi connectivity index (χ1) is 55.3. The maximum atomic E-state index is 6.75. The van der Waals surface area contributed by atoms with Crippen molar-refractivity contribution in [3.8, 4) is 103 Å². The van der Waals surface area contributed by atoms with E-state index in [2.05, 4.69) is 198 Å². The second kappa shape index (κ2) is 25.5. The van der Waals surface area contributed by atoms with Crippen molar-refractivity contribution in [2.24, 2.45) is 0 Å². The largest absolute Gasteiger partial charge is 0.455 e. The molecule has 8 heterocycles. The van der Waals surface area contributed by atoms with Crippen LogP contribution in [-0.4, -0.2) is 39.0 Å². The minimum Gasteiger partial charge on any atom is -0.455 e. The molecule has 0 radical (unpaired) electrons. The molecule has 2 aliphatic rings. The van der Waals surface area contributed by atoms with Gasteiger partial charge in [-0.2, -0.15) is 0 Å². The third-order valence-electron chi connectivity index (χ3n) is 21.9. The fourth-order valence-electron chi connectivity index (χ4n) is 16.8. The molecule has 0 unspecified atom stereocenters. The van der Waals surface area contributed by atoms with Crippen LogP contribution < -0.4 is 14.4 Å². The van der Waals surface area contributed by atoms with E-state index < -0.39 is 0 Å². The molecule has 21 aromatic rings. The molecule has 23 rings (SSSR count). The predicted octanol–water partition coefficient (Wildman–Crippen LogP) is 25.7. The van der Waals surface area contributed by atoms with Crippen molar-refractivity contribution in [1.82, 2.24) is 39.0 Å². The zero-order valence-electron chi connectivity index (χ0n) is 60.6. The van der Waals surface area contributed by atoms with Crippen molar-refractivity contribution < 1.29 is 18.3 Å². The van der Waals surface area contributed by atoms with E-state index in [1.165, 1.54) is 33.3 Å². The molecule has 13 nitrogen and oxygen atoms in total. The van der Waals surface area contributed by atoms with E-state index >= 15 is 0 Å². The fourth-order valence-corrected chi connectivity index (χ4v) is 16.8. The van der Waals surface area contributed by atoms with Crippen LogP contribution in [-0.2, 0) is 5.41 Å². The number of nitrogens with zero attached hydrogens (tertiary/aromatic N) is 9. The summed E-state index contributed by atoms with van der Waals surface area (Å²) in [7, 11) is 0. The summed E-state index contributed by atoms with van der Waals surface area (Å²) >= 11 is 0. The Morgan fingerprint density at radius 2 is 0.688 bits per heavy atom. The number of aromatic nitrogens is 8. The standard InChI is InChI=1S/C54H37N5O.C45H26N4O3/c1-54(2)42-26-13-15-28-44(42)58(36-21-10-5-11-22-36)46-31-30-45-48(49(46)54)39-23-12-14-27-43(39)59(45)37-29-32-47-41(33-37)38-24-16-25-40(50(38)60-47)53-56-51(34-17-6-3-7-18-34)55-52(57-53)35-19-8-4-9-20-35;1-3-12-27(13-4-1)43-46-44(28-14-5-2-6-15-28)48-45(47-43)32-18-11-17-30-33-26-29(22-24-36(33)51-41(30)32)49-34-19-8-7-16-31(34)40-35(49)23-25-39-42(40)52-38-21-10-9-20-37(38)50-39/h3-33H,1-2H3;1-26H. The van der Waals surface area contributed by atoms with Gasteiger partial charge in [-0.1, -0.05) is 244 Å². The number of furan rings is 2. The van der Waals surface area contributed by atoms with Crippen LogP contribution in [0, 0.1) is 0 Å². The fraction of sp³-hybridized carbons (Fsp3) is 0.0303. The average Bonchev–Trinajstić information content (AvgIpc) is 1.47. The minimum absolute atomic E-state index is 0.275. The van der Waals surface area contributed by atoms with Gasteiger partial charge in [-0.05, 0) is 126 Å². The van der Waals surface area contributed by atoms with E-state index in [4.69, 9.17) is 48.2 Å². The van der Waals surface area contributed by atoms with Gasteiger partial charge in [0.1, 0.15) is 22.3 Å². The van der Waals surface area contributed by atoms with Crippen molar-refractivity contribution >= 4 is 105 Å². The highest BCUT2D eigenvalue weighted by atomic mass is 16.6. The summed E-state index contributed by atoms with van der Waals surface area (Å²) in [4.78, 5) is 32.3. The first-order valence-electron chi connectivity index (χ1n) is 37.5. The SMILES string of the molecule is CC1(C)c2ccccc2N(c2ccccc2)c2ccc3c(c21)c1ccccc1n3-c1ccc2oc3c(-c4nc(-c5ccccc5)nc(-c5ccccc5)n4)cccc3c2c1.c1ccc(-c2nc(-c3ccccc3)nc(-c3cccc4c3oc3ccc(-n5c6ccccc6c6c7c(ccc65)Oc5ccccc5O7)cc34)n2)cc1. The number of anilines is 3. The molecule has 13 heteroatoms. The highest BCUT2D eigenvalue weighted by Gasteiger charge is 2.40. The molecule has 6 aromatic heterocycles. The van der Waals surface area contributed by atoms with E-state index in [0.717, 1.165) is 127 Å². The summed E-state index contributed by atoms with van der Waals surface area (Å²) in [6, 6.07) is 119. The number of hydrogen-bond acceptors (Lipinski definition) is 11. The summed E-state index contributed by atoms with van der Waals surface area (Å²) in [6.07, 6.45) is 0. The molecule has 0 amide bonds. The smallest absolute Gasteiger partial charge is 0.180 e. The topological polar surface area (TPSA) is 135 Å². The lowest BCUT2D eigenvalue weighted by molar-refractivity contribution is 0.363. The van der Waals surface area contributed by atoms with Gasteiger partial charge in [0, 0.05) is 82.4 Å². The molecule has 2 aliphatic heterocycles. The lowest BCUT2D eigenvalue weighted by Crippen LogP contribution is -2.30. The van der Waals surface area contributed by atoms with Crippen LogP contribution in [0.25, 0.3) is 167 Å². The van der Waals surface area contributed by atoms with Gasteiger partial charge in [-0.25, -0.2) is 29.9 Å². The molecule has 0 fully saturated rings. The Labute approximate surface area is 641 Å². The second-order valence-corrected chi connectivity index (χ2v) is 28.8. The predicted molar refractivity (Wildman–Crippen MR) is 449 cm³/mol. The summed E-state index contributed by atoms with van der Waals surface area (Å²) in [5.74, 6) is 6.36. The van der Waals surface area contributed by atoms with Gasteiger partial charge in [0.2, 0.25) is 0 Å². The van der Waals surface area contributed by atoms with Crippen LogP contribution in [0.5, 0.6) is 23.0 Å². The zero-order chi connectivity index (χ0) is 74.1. The highest BCUT2D eigenvalue weighted by molar-refractivity contribution is 6.17. The van der Waals surface area contributed by atoms with Crippen molar-refractivity contribution in [2.45, 2.75) is 19.3 Å². The van der Waals surface area contributed by atoms with E-state index in [-0.39, 0.29) is 5.41 Å². The van der Waals surface area contributed by atoms with E-state index in [0.29, 0.717) is 57.9 Å². The maximum absolute atomic E-state index is 6.75. The molecule has 528 valence electrons. The van der Waals surface area contributed by atoms with E-state index in [1.54, 1.807) is 0 Å². The summed E-state index contributed by atoms with van der Waals surface area (Å²) in [5, 5.41) is 8.57. The number of para-hydroxylation sites is 8. The monoisotopic (exact) mass is 1440 g/mol. The van der Waals surface area contributed by atoms with Crippen molar-refractivity contribution in [2.75, 3.05) is 4.90 Å². The molecule has 112 heavy (non-hydrogen) atoms. The first-order valence-corrected chi connectivity index (χ1v) is 37.5. The molecule has 0 atom stereocenters. The van der Waals surface area contributed by atoms with Gasteiger partial charge < -0.3 is 32.3 Å². The lowest BCUT2D eigenvalue weighted by atomic mass is 9.72. The molecule has 0 spiro atoms. The lowest BCUT2D eigenvalue weighted by Gasteiger charge is -2.42. The number of rotatable bonds is 9. The van der Waals surface area contributed by atoms with Crippen LogP contribution in [0.15, 0.2) is 355 Å². The van der Waals surface area contributed by atoms with Crippen LogP contribution >= 0.6 is 0 Å². The van der Waals surface area contributed by atoms with Gasteiger partial charge in [-0.3, -0.25) is 0 Å². The molecule has 0 aliphatic carbocycles. The minimum atomic E-state index is -0.275. The highest BCUT2D eigenvalue weighted by Crippen LogP contribution is 2.57. The Balaban J connectivity index is 0.000000139. The van der Waals surface area contributed by atoms with Crippen LogP contribution in [0.3, 0.4) is 0 Å². The van der Waals surface area contributed by atoms with Gasteiger partial charge in [0.05, 0.1) is 50.0 Å². The van der Waals surface area contributed by atoms with Crippen LogP contribution in [0.2, 0.25) is 0 Å². The third-order valence-corrected chi connectivity index (χ3v) is 21.9. The Hall–Kier alpha value is -15.1. The Morgan fingerprint density at radius 3 is 1.21 bits per heavy atom. The molecule has 0 saturated carbocycles.